The van der Waals surface area contributed by atoms with Gasteiger partial charge in [-0.3, -0.25) is 14.2 Å². The molecule has 0 aliphatic carbocycles. The van der Waals surface area contributed by atoms with Gasteiger partial charge in [-0.05, 0) is 36.8 Å². The van der Waals surface area contributed by atoms with Crippen LogP contribution in [0.1, 0.15) is 19.4 Å². The highest BCUT2D eigenvalue weighted by molar-refractivity contribution is 9.10. The highest BCUT2D eigenvalue weighted by Crippen LogP contribution is 2.21. The summed E-state index contributed by atoms with van der Waals surface area (Å²) in [6, 6.07) is 10.5. The number of rotatable bonds is 4. The zero-order chi connectivity index (χ0) is 18.0. The zero-order valence-corrected chi connectivity index (χ0v) is 15.0. The number of anilines is 1. The Morgan fingerprint density at radius 1 is 1.32 bits per heavy atom. The fourth-order valence-electron chi connectivity index (χ4n) is 2.62. The summed E-state index contributed by atoms with van der Waals surface area (Å²) in [5.41, 5.74) is 0.329. The van der Waals surface area contributed by atoms with E-state index in [1.807, 2.05) is 0 Å². The van der Waals surface area contributed by atoms with Crippen LogP contribution in [-0.4, -0.2) is 15.5 Å². The molecule has 3 aromatic rings. The molecule has 1 amide bonds. The van der Waals surface area contributed by atoms with E-state index in [-0.39, 0.29) is 11.2 Å². The maximum Gasteiger partial charge on any atom is 0.261 e. The molecule has 3 rings (SSSR count). The van der Waals surface area contributed by atoms with Crippen molar-refractivity contribution in [1.82, 2.24) is 9.55 Å². The van der Waals surface area contributed by atoms with Crippen molar-refractivity contribution in [3.63, 3.8) is 0 Å². The van der Waals surface area contributed by atoms with Crippen LogP contribution in [0.3, 0.4) is 0 Å². The Labute approximate surface area is 151 Å². The van der Waals surface area contributed by atoms with Crippen LogP contribution in [0, 0.1) is 5.82 Å². The maximum atomic E-state index is 13.9. The van der Waals surface area contributed by atoms with Crippen molar-refractivity contribution in [3.8, 4) is 0 Å². The van der Waals surface area contributed by atoms with Gasteiger partial charge in [0.05, 0.1) is 22.9 Å². The summed E-state index contributed by atoms with van der Waals surface area (Å²) in [5, 5.41) is 2.98. The van der Waals surface area contributed by atoms with Crippen LogP contribution < -0.4 is 10.9 Å². The molecule has 0 aliphatic rings. The first-order valence-corrected chi connectivity index (χ1v) is 8.52. The first-order chi connectivity index (χ1) is 12.0. The van der Waals surface area contributed by atoms with Gasteiger partial charge in [0.1, 0.15) is 11.9 Å². The lowest BCUT2D eigenvalue weighted by Crippen LogP contribution is -2.33. The highest BCUT2D eigenvalue weighted by Gasteiger charge is 2.21. The van der Waals surface area contributed by atoms with Crippen LogP contribution >= 0.6 is 15.9 Å². The van der Waals surface area contributed by atoms with E-state index in [4.69, 9.17) is 0 Å². The van der Waals surface area contributed by atoms with E-state index in [1.165, 1.54) is 23.0 Å². The van der Waals surface area contributed by atoms with Crippen molar-refractivity contribution >= 4 is 38.4 Å². The molecule has 0 fully saturated rings. The van der Waals surface area contributed by atoms with Gasteiger partial charge in [0.15, 0.2) is 0 Å². The smallest absolute Gasteiger partial charge is 0.261 e. The fraction of sp³-hybridized carbons (Fsp3) is 0.167. The Morgan fingerprint density at radius 2 is 2.08 bits per heavy atom. The van der Waals surface area contributed by atoms with Crippen molar-refractivity contribution in [2.45, 2.75) is 19.4 Å². The largest absolute Gasteiger partial charge is 0.322 e. The predicted octanol–water partition coefficient (Wildman–Crippen LogP) is 3.89. The monoisotopic (exact) mass is 403 g/mol. The first-order valence-electron chi connectivity index (χ1n) is 7.73. The summed E-state index contributed by atoms with van der Waals surface area (Å²) in [6.45, 7) is 1.78. The third kappa shape index (κ3) is 3.46. The van der Waals surface area contributed by atoms with Gasteiger partial charge in [-0.1, -0.05) is 35.0 Å². The van der Waals surface area contributed by atoms with Gasteiger partial charge in [0.25, 0.3) is 5.56 Å². The first kappa shape index (κ1) is 17.3. The summed E-state index contributed by atoms with van der Waals surface area (Å²) in [6.07, 6.45) is 1.72. The minimum atomic E-state index is -0.785. The van der Waals surface area contributed by atoms with E-state index >= 15 is 0 Å². The summed E-state index contributed by atoms with van der Waals surface area (Å²) >= 11 is 3.17. The van der Waals surface area contributed by atoms with Crippen LogP contribution in [0.25, 0.3) is 10.9 Å². The van der Waals surface area contributed by atoms with Crippen LogP contribution in [0.15, 0.2) is 58.1 Å². The molecule has 0 radical (unpaired) electrons. The molecule has 0 bridgehead atoms. The topological polar surface area (TPSA) is 64.0 Å². The van der Waals surface area contributed by atoms with Gasteiger partial charge in [-0.2, -0.15) is 0 Å². The van der Waals surface area contributed by atoms with Crippen molar-refractivity contribution in [1.29, 1.82) is 0 Å². The van der Waals surface area contributed by atoms with E-state index in [9.17, 15) is 14.0 Å². The molecule has 5 nitrogen and oxygen atoms in total. The molecule has 0 unspecified atom stereocenters. The number of hydrogen-bond acceptors (Lipinski definition) is 3. The Bertz CT molecular complexity index is 1000. The standard InChI is InChI=1S/C18H15BrFN3O2/c1-2-16(17(24)22-15-8-7-11(19)9-13(15)20)23-10-21-14-6-4-3-5-12(14)18(23)25/h3-10,16H,2H2,1H3,(H,22,24)/t16-/m0/s1. The van der Waals surface area contributed by atoms with Crippen LogP contribution in [0.4, 0.5) is 10.1 Å². The third-order valence-electron chi connectivity index (χ3n) is 3.90. The van der Waals surface area contributed by atoms with Crippen molar-refractivity contribution < 1.29 is 9.18 Å². The number of para-hydroxylation sites is 1. The molecule has 7 heteroatoms. The maximum absolute atomic E-state index is 13.9. The second kappa shape index (κ2) is 7.14. The average Bonchev–Trinajstić information content (AvgIpc) is 2.60. The number of carbonyl (C=O) groups excluding carboxylic acids is 1. The number of carbonyl (C=O) groups is 1. The van der Waals surface area contributed by atoms with Gasteiger partial charge >= 0.3 is 0 Å². The molecule has 128 valence electrons. The van der Waals surface area contributed by atoms with Gasteiger partial charge in [0, 0.05) is 4.47 Å². The molecule has 1 heterocycles. The van der Waals surface area contributed by atoms with Crippen molar-refractivity contribution in [3.05, 3.63) is 69.4 Å². The Kier molecular flexibility index (Phi) is 4.94. The SMILES string of the molecule is CC[C@@H](C(=O)Nc1ccc(Br)cc1F)n1cnc2ccccc2c1=O. The summed E-state index contributed by atoms with van der Waals surface area (Å²) in [4.78, 5) is 29.5. The quantitative estimate of drug-likeness (QED) is 0.718. The molecule has 0 saturated heterocycles. The molecular formula is C18H15BrFN3O2. The number of amides is 1. The van der Waals surface area contributed by atoms with Crippen LogP contribution in [0.5, 0.6) is 0 Å². The highest BCUT2D eigenvalue weighted by atomic mass is 79.9. The van der Waals surface area contributed by atoms with Crippen molar-refractivity contribution in [2.75, 3.05) is 5.32 Å². The fourth-order valence-corrected chi connectivity index (χ4v) is 2.95. The number of nitrogens with zero attached hydrogens (tertiary/aromatic N) is 2. The molecule has 0 aliphatic heterocycles. The summed E-state index contributed by atoms with van der Waals surface area (Å²) < 4.78 is 15.8. The molecule has 2 aromatic carbocycles. The lowest BCUT2D eigenvalue weighted by molar-refractivity contribution is -0.119. The van der Waals surface area contributed by atoms with E-state index in [0.717, 1.165) is 0 Å². The molecule has 25 heavy (non-hydrogen) atoms. The van der Waals surface area contributed by atoms with Gasteiger partial charge < -0.3 is 5.32 Å². The van der Waals surface area contributed by atoms with Gasteiger partial charge in [0.2, 0.25) is 5.91 Å². The Balaban J connectivity index is 1.95. The van der Waals surface area contributed by atoms with Crippen LogP contribution in [0.2, 0.25) is 0 Å². The Morgan fingerprint density at radius 3 is 2.80 bits per heavy atom. The third-order valence-corrected chi connectivity index (χ3v) is 4.40. The molecule has 1 atom stereocenters. The van der Waals surface area contributed by atoms with E-state index in [2.05, 4.69) is 26.2 Å². The van der Waals surface area contributed by atoms with E-state index in [1.54, 1.807) is 37.3 Å². The molecular weight excluding hydrogens is 389 g/mol. The Hall–Kier alpha value is -2.54. The summed E-state index contributed by atoms with van der Waals surface area (Å²) in [7, 11) is 0. The van der Waals surface area contributed by atoms with E-state index < -0.39 is 17.8 Å². The lowest BCUT2D eigenvalue weighted by atomic mass is 10.1. The molecule has 1 aromatic heterocycles. The van der Waals surface area contributed by atoms with Gasteiger partial charge in [-0.15, -0.1) is 0 Å². The number of hydrogen-bond donors (Lipinski definition) is 1. The lowest BCUT2D eigenvalue weighted by Gasteiger charge is -2.18. The predicted molar refractivity (Wildman–Crippen MR) is 98.1 cm³/mol. The number of halogens is 2. The zero-order valence-electron chi connectivity index (χ0n) is 13.4. The number of benzene rings is 2. The minimum absolute atomic E-state index is 0.0634. The van der Waals surface area contributed by atoms with Crippen molar-refractivity contribution in [2.24, 2.45) is 0 Å². The molecule has 0 saturated carbocycles. The molecule has 0 spiro atoms. The number of nitrogens with one attached hydrogen (secondary N) is 1. The number of fused-ring (bicyclic) bond motifs is 1. The normalized spacial score (nSPS) is 12.1. The molecule has 1 N–H and O–H groups in total. The van der Waals surface area contributed by atoms with E-state index in [0.29, 0.717) is 21.8 Å². The van der Waals surface area contributed by atoms with Crippen LogP contribution in [-0.2, 0) is 4.79 Å². The second-order valence-electron chi connectivity index (χ2n) is 5.51. The minimum Gasteiger partial charge on any atom is -0.322 e. The number of aromatic nitrogens is 2. The summed E-state index contributed by atoms with van der Waals surface area (Å²) in [5.74, 6) is -1.02. The average molecular weight is 404 g/mol. The van der Waals surface area contributed by atoms with Gasteiger partial charge in [-0.25, -0.2) is 9.37 Å². The second-order valence-corrected chi connectivity index (χ2v) is 6.43.